The molecule has 1 aromatic carbocycles. The molecule has 11 N–H and O–H groups in total. The van der Waals surface area contributed by atoms with E-state index in [0.717, 1.165) is 16.5 Å². The number of amides is 3. The van der Waals surface area contributed by atoms with Gasteiger partial charge in [-0.3, -0.25) is 14.4 Å². The first-order valence-corrected chi connectivity index (χ1v) is 12.0. The Bertz CT molecular complexity index is 1070. The number of aliphatic hydroxyl groups is 2. The number of rotatable bonds is 15. The van der Waals surface area contributed by atoms with Crippen molar-refractivity contribution in [2.24, 2.45) is 11.5 Å². The third-order valence-corrected chi connectivity index (χ3v) is 5.93. The van der Waals surface area contributed by atoms with E-state index in [0.29, 0.717) is 19.4 Å². The van der Waals surface area contributed by atoms with Gasteiger partial charge in [-0.25, -0.2) is 4.79 Å². The zero-order valence-electron chi connectivity index (χ0n) is 20.6. The van der Waals surface area contributed by atoms with Gasteiger partial charge in [-0.1, -0.05) is 18.2 Å². The Morgan fingerprint density at radius 3 is 2.22 bits per heavy atom. The van der Waals surface area contributed by atoms with Gasteiger partial charge in [0.1, 0.15) is 24.2 Å². The number of aliphatic hydroxyl groups excluding tert-OH is 2. The monoisotopic (exact) mass is 520 g/mol. The van der Waals surface area contributed by atoms with Crippen LogP contribution in [0.1, 0.15) is 31.7 Å². The van der Waals surface area contributed by atoms with E-state index in [1.807, 2.05) is 24.3 Å². The highest BCUT2D eigenvalue weighted by Crippen LogP contribution is 2.19. The lowest BCUT2D eigenvalue weighted by molar-refractivity contribution is -0.143. The molecular weight excluding hydrogens is 484 g/mol. The van der Waals surface area contributed by atoms with Gasteiger partial charge in [-0.05, 0) is 44.4 Å². The maximum atomic E-state index is 13.4. The number of carboxylic acids is 1. The van der Waals surface area contributed by atoms with Crippen molar-refractivity contribution in [2.75, 3.05) is 13.2 Å². The Kier molecular flexibility index (Phi) is 11.5. The van der Waals surface area contributed by atoms with Crippen molar-refractivity contribution in [3.63, 3.8) is 0 Å². The second kappa shape index (κ2) is 14.3. The summed E-state index contributed by atoms with van der Waals surface area (Å²) in [5, 5.41) is 36.3. The molecule has 204 valence electrons. The van der Waals surface area contributed by atoms with E-state index in [1.165, 1.54) is 6.92 Å². The van der Waals surface area contributed by atoms with Gasteiger partial charge in [0.05, 0.1) is 12.7 Å². The minimum Gasteiger partial charge on any atom is -0.480 e. The number of hydrogen-bond acceptors (Lipinski definition) is 8. The summed E-state index contributed by atoms with van der Waals surface area (Å²) in [7, 11) is 0. The van der Waals surface area contributed by atoms with Crippen LogP contribution < -0.4 is 27.4 Å². The summed E-state index contributed by atoms with van der Waals surface area (Å²) >= 11 is 0. The third-order valence-electron chi connectivity index (χ3n) is 5.93. The largest absolute Gasteiger partial charge is 0.480 e. The molecule has 37 heavy (non-hydrogen) atoms. The number of carbonyl (C=O) groups is 4. The average molecular weight is 521 g/mol. The lowest BCUT2D eigenvalue weighted by Gasteiger charge is -2.25. The first-order valence-electron chi connectivity index (χ1n) is 12.0. The zero-order chi connectivity index (χ0) is 27.5. The lowest BCUT2D eigenvalue weighted by Crippen LogP contribution is -2.58. The molecule has 5 atom stereocenters. The Hall–Kier alpha value is -3.52. The smallest absolute Gasteiger partial charge is 0.328 e. The number of nitrogens with one attached hydrogen (secondary N) is 4. The van der Waals surface area contributed by atoms with Crippen LogP contribution in [0.2, 0.25) is 0 Å². The summed E-state index contributed by atoms with van der Waals surface area (Å²) in [5.41, 5.74) is 12.8. The topological polar surface area (TPSA) is 233 Å². The minimum absolute atomic E-state index is 0.0413. The van der Waals surface area contributed by atoms with E-state index in [4.69, 9.17) is 16.6 Å². The summed E-state index contributed by atoms with van der Waals surface area (Å²) in [4.78, 5) is 53.1. The fourth-order valence-corrected chi connectivity index (χ4v) is 3.71. The molecule has 0 saturated heterocycles. The second-order valence-electron chi connectivity index (χ2n) is 8.82. The molecule has 0 spiro atoms. The Balaban J connectivity index is 2.29. The fourth-order valence-electron chi connectivity index (χ4n) is 3.71. The predicted octanol–water partition coefficient (Wildman–Crippen LogP) is -1.92. The van der Waals surface area contributed by atoms with Crippen LogP contribution in [0.15, 0.2) is 30.5 Å². The number of carbonyl (C=O) groups excluding carboxylic acids is 3. The highest BCUT2D eigenvalue weighted by atomic mass is 16.4. The van der Waals surface area contributed by atoms with Crippen LogP contribution in [-0.2, 0) is 25.6 Å². The number of unbranched alkanes of at least 4 members (excludes halogenated alkanes) is 1. The second-order valence-corrected chi connectivity index (χ2v) is 8.82. The van der Waals surface area contributed by atoms with E-state index in [2.05, 4.69) is 20.9 Å². The first-order chi connectivity index (χ1) is 17.6. The Morgan fingerprint density at radius 2 is 1.59 bits per heavy atom. The van der Waals surface area contributed by atoms with Crippen molar-refractivity contribution >= 4 is 34.6 Å². The van der Waals surface area contributed by atoms with Crippen molar-refractivity contribution < 1.29 is 34.5 Å². The summed E-state index contributed by atoms with van der Waals surface area (Å²) < 4.78 is 0. The Labute approximate surface area is 214 Å². The van der Waals surface area contributed by atoms with E-state index < -0.39 is 60.6 Å². The molecule has 0 aliphatic heterocycles. The van der Waals surface area contributed by atoms with Gasteiger partial charge in [0.2, 0.25) is 17.7 Å². The number of nitrogens with two attached hydrogens (primary N) is 2. The summed E-state index contributed by atoms with van der Waals surface area (Å²) in [6, 6.07) is 2.22. The van der Waals surface area contributed by atoms with Gasteiger partial charge in [-0.2, -0.15) is 0 Å². The molecule has 5 unspecified atom stereocenters. The number of aromatic amines is 1. The van der Waals surface area contributed by atoms with Crippen molar-refractivity contribution in [2.45, 2.75) is 62.9 Å². The molecule has 13 nitrogen and oxygen atoms in total. The zero-order valence-corrected chi connectivity index (χ0v) is 20.6. The normalized spacial score (nSPS) is 15.3. The number of aromatic nitrogens is 1. The van der Waals surface area contributed by atoms with Crippen LogP contribution in [0.3, 0.4) is 0 Å². The van der Waals surface area contributed by atoms with Crippen molar-refractivity contribution in [1.29, 1.82) is 0 Å². The number of hydrogen-bond donors (Lipinski definition) is 9. The number of fused-ring (bicyclic) bond motifs is 1. The van der Waals surface area contributed by atoms with E-state index >= 15 is 0 Å². The molecule has 2 rings (SSSR count). The Morgan fingerprint density at radius 1 is 0.973 bits per heavy atom. The van der Waals surface area contributed by atoms with Gasteiger partial charge in [0, 0.05) is 23.5 Å². The molecular formula is C24H36N6O7. The third kappa shape index (κ3) is 8.53. The molecule has 0 aliphatic rings. The average Bonchev–Trinajstić information content (AvgIpc) is 3.28. The van der Waals surface area contributed by atoms with Gasteiger partial charge >= 0.3 is 5.97 Å². The molecule has 0 radical (unpaired) electrons. The molecule has 2 aromatic rings. The standard InChI is InChI=1S/C24H36N6O7/c1-13(32)20(26)23(35)29-18(10-14-11-27-16-7-3-2-6-15(14)16)22(34)28-17(8-4-5-9-25)21(33)30-19(12-31)24(36)37/h2-3,6-7,11,13,17-20,27,31-32H,4-5,8-10,12,25-26H2,1H3,(H,28,34)(H,29,35)(H,30,33)(H,36,37). The molecule has 0 saturated carbocycles. The highest BCUT2D eigenvalue weighted by molar-refractivity contribution is 5.95. The summed E-state index contributed by atoms with van der Waals surface area (Å²) in [5.74, 6) is -3.70. The van der Waals surface area contributed by atoms with Crippen LogP contribution in [0.5, 0.6) is 0 Å². The highest BCUT2D eigenvalue weighted by Gasteiger charge is 2.31. The van der Waals surface area contributed by atoms with E-state index in [9.17, 15) is 29.4 Å². The predicted molar refractivity (Wildman–Crippen MR) is 135 cm³/mol. The quantitative estimate of drug-likeness (QED) is 0.119. The maximum Gasteiger partial charge on any atom is 0.328 e. The SMILES string of the molecule is CC(O)C(N)C(=O)NC(Cc1c[nH]c2ccccc12)C(=O)NC(CCCCN)C(=O)NC(CO)C(=O)O. The molecule has 0 aliphatic carbocycles. The van der Waals surface area contributed by atoms with Gasteiger partial charge in [-0.15, -0.1) is 0 Å². The fraction of sp³-hybridized carbons (Fsp3) is 0.500. The van der Waals surface area contributed by atoms with Gasteiger partial charge in [0.25, 0.3) is 0 Å². The lowest BCUT2D eigenvalue weighted by atomic mass is 10.0. The van der Waals surface area contributed by atoms with Crippen LogP contribution in [0.4, 0.5) is 0 Å². The first kappa shape index (κ1) is 29.7. The van der Waals surface area contributed by atoms with E-state index in [-0.39, 0.29) is 12.8 Å². The number of para-hydroxylation sites is 1. The molecule has 1 aromatic heterocycles. The van der Waals surface area contributed by atoms with Gasteiger partial charge in [0.15, 0.2) is 0 Å². The van der Waals surface area contributed by atoms with Crippen molar-refractivity contribution in [3.8, 4) is 0 Å². The number of H-pyrrole nitrogens is 1. The van der Waals surface area contributed by atoms with Crippen LogP contribution in [0, 0.1) is 0 Å². The minimum atomic E-state index is -1.55. The van der Waals surface area contributed by atoms with Crippen LogP contribution >= 0.6 is 0 Å². The van der Waals surface area contributed by atoms with Crippen LogP contribution in [0.25, 0.3) is 10.9 Å². The van der Waals surface area contributed by atoms with Crippen molar-refractivity contribution in [3.05, 3.63) is 36.0 Å². The molecule has 13 heteroatoms. The maximum absolute atomic E-state index is 13.4. The van der Waals surface area contributed by atoms with Gasteiger partial charge < -0.3 is 47.7 Å². The van der Waals surface area contributed by atoms with Crippen LogP contribution in [-0.4, -0.2) is 87.4 Å². The molecule has 0 bridgehead atoms. The summed E-state index contributed by atoms with van der Waals surface area (Å²) in [6.45, 7) is 0.866. The van der Waals surface area contributed by atoms with E-state index in [1.54, 1.807) is 6.20 Å². The molecule has 1 heterocycles. The molecule has 3 amide bonds. The number of benzene rings is 1. The number of carboxylic acid groups (broad SMARTS) is 1. The summed E-state index contributed by atoms with van der Waals surface area (Å²) in [6.07, 6.45) is 1.74. The van der Waals surface area contributed by atoms with Crippen molar-refractivity contribution in [1.82, 2.24) is 20.9 Å². The number of aliphatic carboxylic acids is 1. The molecule has 0 fully saturated rings.